The molecule has 0 radical (unpaired) electrons. The number of aryl methyl sites for hydroxylation is 1. The number of amides is 1. The lowest BCUT2D eigenvalue weighted by molar-refractivity contribution is -0.111. The molecule has 2 heterocycles. The number of nitrogens with zero attached hydrogens (tertiary/aromatic N) is 1. The largest absolute Gasteiger partial charge is 0.298 e. The molecule has 110 valence electrons. The maximum absolute atomic E-state index is 11.8. The number of thiophene rings is 1. The average molecular weight is 326 g/mol. The lowest BCUT2D eigenvalue weighted by Crippen LogP contribution is -2.06. The SMILES string of the molecule is Cc1cnc(NC(=O)/C=C/c2ccc(-c3ccccc3)s2)s1. The van der Waals surface area contributed by atoms with Gasteiger partial charge in [-0.25, -0.2) is 4.98 Å². The normalized spacial score (nSPS) is 11.0. The molecular weight excluding hydrogens is 312 g/mol. The van der Waals surface area contributed by atoms with Crippen LogP contribution < -0.4 is 5.32 Å². The fourth-order valence-corrected chi connectivity index (χ4v) is 3.50. The first-order chi connectivity index (χ1) is 10.7. The van der Waals surface area contributed by atoms with Crippen LogP contribution in [0.25, 0.3) is 16.5 Å². The number of carbonyl (C=O) groups is 1. The van der Waals surface area contributed by atoms with Crippen LogP contribution in [-0.4, -0.2) is 10.9 Å². The van der Waals surface area contributed by atoms with E-state index in [0.29, 0.717) is 5.13 Å². The highest BCUT2D eigenvalue weighted by Crippen LogP contribution is 2.28. The summed E-state index contributed by atoms with van der Waals surface area (Å²) in [6.07, 6.45) is 5.11. The van der Waals surface area contributed by atoms with Crippen molar-refractivity contribution >= 4 is 39.8 Å². The highest BCUT2D eigenvalue weighted by Gasteiger charge is 2.03. The van der Waals surface area contributed by atoms with E-state index in [0.717, 1.165) is 9.75 Å². The van der Waals surface area contributed by atoms with Gasteiger partial charge in [0.05, 0.1) is 0 Å². The Hall–Kier alpha value is -2.24. The van der Waals surface area contributed by atoms with Crippen LogP contribution in [0.4, 0.5) is 5.13 Å². The molecule has 0 bridgehead atoms. The van der Waals surface area contributed by atoms with Gasteiger partial charge in [-0.3, -0.25) is 10.1 Å². The number of rotatable bonds is 4. The van der Waals surface area contributed by atoms with Gasteiger partial charge < -0.3 is 0 Å². The van der Waals surface area contributed by atoms with Crippen molar-refractivity contribution in [3.05, 3.63) is 64.5 Å². The molecule has 0 aliphatic rings. The molecular formula is C17H14N2OS2. The Kier molecular flexibility index (Phi) is 4.46. The smallest absolute Gasteiger partial charge is 0.250 e. The van der Waals surface area contributed by atoms with Crippen molar-refractivity contribution < 1.29 is 4.79 Å². The fourth-order valence-electron chi connectivity index (χ4n) is 1.92. The van der Waals surface area contributed by atoms with Gasteiger partial charge in [0, 0.05) is 26.9 Å². The van der Waals surface area contributed by atoms with Crippen LogP contribution in [0.15, 0.2) is 54.7 Å². The Labute approximate surface area is 137 Å². The van der Waals surface area contributed by atoms with Gasteiger partial charge in [0.15, 0.2) is 5.13 Å². The molecule has 3 nitrogen and oxygen atoms in total. The van der Waals surface area contributed by atoms with Gasteiger partial charge in [-0.15, -0.1) is 22.7 Å². The summed E-state index contributed by atoms with van der Waals surface area (Å²) in [5, 5.41) is 3.39. The Balaban J connectivity index is 1.66. The maximum atomic E-state index is 11.8. The van der Waals surface area contributed by atoms with Crippen LogP contribution in [0.3, 0.4) is 0 Å². The van der Waals surface area contributed by atoms with Gasteiger partial charge >= 0.3 is 0 Å². The van der Waals surface area contributed by atoms with Gasteiger partial charge in [0.25, 0.3) is 0 Å². The van der Waals surface area contributed by atoms with E-state index >= 15 is 0 Å². The number of hydrogen-bond acceptors (Lipinski definition) is 4. The number of hydrogen-bond donors (Lipinski definition) is 1. The number of aromatic nitrogens is 1. The van der Waals surface area contributed by atoms with Crippen molar-refractivity contribution in [2.45, 2.75) is 6.92 Å². The zero-order valence-electron chi connectivity index (χ0n) is 11.9. The molecule has 1 amide bonds. The van der Waals surface area contributed by atoms with Gasteiger partial charge in [-0.05, 0) is 30.7 Å². The van der Waals surface area contributed by atoms with Gasteiger partial charge in [-0.2, -0.15) is 0 Å². The van der Waals surface area contributed by atoms with Crippen molar-refractivity contribution in [2.75, 3.05) is 5.32 Å². The van der Waals surface area contributed by atoms with Crippen LogP contribution in [0.1, 0.15) is 9.75 Å². The molecule has 1 aromatic carbocycles. The van der Waals surface area contributed by atoms with E-state index in [1.54, 1.807) is 17.5 Å². The fraction of sp³-hybridized carbons (Fsp3) is 0.0588. The number of anilines is 1. The first-order valence-electron chi connectivity index (χ1n) is 6.77. The Morgan fingerprint density at radius 1 is 1.14 bits per heavy atom. The number of carbonyl (C=O) groups excluding carboxylic acids is 1. The van der Waals surface area contributed by atoms with Crippen molar-refractivity contribution in [1.29, 1.82) is 0 Å². The van der Waals surface area contributed by atoms with E-state index in [-0.39, 0.29) is 5.91 Å². The molecule has 0 unspecified atom stereocenters. The van der Waals surface area contributed by atoms with E-state index < -0.39 is 0 Å². The summed E-state index contributed by atoms with van der Waals surface area (Å²) in [5.41, 5.74) is 1.19. The Bertz CT molecular complexity index is 803. The minimum absolute atomic E-state index is 0.163. The van der Waals surface area contributed by atoms with Crippen LogP contribution in [-0.2, 0) is 4.79 Å². The predicted molar refractivity (Wildman–Crippen MR) is 94.3 cm³/mol. The zero-order valence-corrected chi connectivity index (χ0v) is 13.6. The second kappa shape index (κ2) is 6.68. The van der Waals surface area contributed by atoms with Crippen LogP contribution in [0.5, 0.6) is 0 Å². The summed E-state index contributed by atoms with van der Waals surface area (Å²) in [4.78, 5) is 19.3. The molecule has 0 saturated heterocycles. The molecule has 22 heavy (non-hydrogen) atoms. The van der Waals surface area contributed by atoms with Crippen molar-refractivity contribution in [2.24, 2.45) is 0 Å². The highest BCUT2D eigenvalue weighted by atomic mass is 32.1. The molecule has 3 rings (SSSR count). The van der Waals surface area contributed by atoms with E-state index in [1.807, 2.05) is 37.3 Å². The third-order valence-corrected chi connectivity index (χ3v) is 4.86. The van der Waals surface area contributed by atoms with Gasteiger partial charge in [0.2, 0.25) is 5.91 Å². The lowest BCUT2D eigenvalue weighted by Gasteiger charge is -1.95. The number of thiazole rings is 1. The zero-order chi connectivity index (χ0) is 15.4. The van der Waals surface area contributed by atoms with Crippen molar-refractivity contribution in [1.82, 2.24) is 4.98 Å². The van der Waals surface area contributed by atoms with Gasteiger partial charge in [0.1, 0.15) is 0 Å². The molecule has 0 atom stereocenters. The second-order valence-corrected chi connectivity index (χ2v) is 7.02. The topological polar surface area (TPSA) is 42.0 Å². The van der Waals surface area contributed by atoms with E-state index in [2.05, 4.69) is 28.5 Å². The standard InChI is InChI=1S/C17H14N2OS2/c1-12-11-18-17(21-12)19-16(20)10-8-14-7-9-15(22-14)13-5-3-2-4-6-13/h2-11H,1H3,(H,18,19,20)/b10-8+. The number of benzene rings is 1. The molecule has 0 saturated carbocycles. The summed E-state index contributed by atoms with van der Waals surface area (Å²) in [5.74, 6) is -0.163. The Morgan fingerprint density at radius 2 is 1.95 bits per heavy atom. The quantitative estimate of drug-likeness (QED) is 0.698. The van der Waals surface area contributed by atoms with E-state index in [4.69, 9.17) is 0 Å². The minimum Gasteiger partial charge on any atom is -0.298 e. The van der Waals surface area contributed by atoms with E-state index in [9.17, 15) is 4.79 Å². The third kappa shape index (κ3) is 3.69. The van der Waals surface area contributed by atoms with Crippen molar-refractivity contribution in [3.8, 4) is 10.4 Å². The summed E-state index contributed by atoms with van der Waals surface area (Å²) in [6, 6.07) is 14.3. The predicted octanol–water partition coefficient (Wildman–Crippen LogP) is 4.83. The molecule has 5 heteroatoms. The van der Waals surface area contributed by atoms with E-state index in [1.165, 1.54) is 27.9 Å². The van der Waals surface area contributed by atoms with Crippen LogP contribution in [0, 0.1) is 6.92 Å². The highest BCUT2D eigenvalue weighted by molar-refractivity contribution is 7.16. The third-order valence-electron chi connectivity index (χ3n) is 2.94. The van der Waals surface area contributed by atoms with Gasteiger partial charge in [-0.1, -0.05) is 30.3 Å². The maximum Gasteiger partial charge on any atom is 0.250 e. The van der Waals surface area contributed by atoms with Crippen molar-refractivity contribution in [3.63, 3.8) is 0 Å². The van der Waals surface area contributed by atoms with Crippen LogP contribution >= 0.6 is 22.7 Å². The molecule has 0 aliphatic carbocycles. The summed E-state index contributed by atoms with van der Waals surface area (Å²) >= 11 is 3.12. The van der Waals surface area contributed by atoms with Crippen LogP contribution in [0.2, 0.25) is 0 Å². The second-order valence-electron chi connectivity index (χ2n) is 4.67. The summed E-state index contributed by atoms with van der Waals surface area (Å²) < 4.78 is 0. The molecule has 1 N–H and O–H groups in total. The summed E-state index contributed by atoms with van der Waals surface area (Å²) in [6.45, 7) is 1.96. The molecule has 2 aromatic heterocycles. The minimum atomic E-state index is -0.163. The monoisotopic (exact) mass is 326 g/mol. The lowest BCUT2D eigenvalue weighted by atomic mass is 10.2. The molecule has 3 aromatic rings. The molecule has 0 fully saturated rings. The molecule has 0 aliphatic heterocycles. The number of nitrogens with one attached hydrogen (secondary N) is 1. The average Bonchev–Trinajstić information content (AvgIpc) is 3.15. The summed E-state index contributed by atoms with van der Waals surface area (Å²) in [7, 11) is 0. The molecule has 0 spiro atoms. The first-order valence-corrected chi connectivity index (χ1v) is 8.41. The Morgan fingerprint density at radius 3 is 2.68 bits per heavy atom. The first kappa shape index (κ1) is 14.7.